The fourth-order valence-electron chi connectivity index (χ4n) is 1.90. The third-order valence-corrected chi connectivity index (χ3v) is 4.06. The maximum atomic E-state index is 13.9. The van der Waals surface area contributed by atoms with E-state index in [2.05, 4.69) is 6.58 Å². The highest BCUT2D eigenvalue weighted by Crippen LogP contribution is 2.33. The number of hydrogen-bond acceptors (Lipinski definition) is 3. The van der Waals surface area contributed by atoms with Gasteiger partial charge >= 0.3 is 5.97 Å². The molecule has 0 bridgehead atoms. The standard InChI is InChI=1S/C15H15FO3S/c1-9(2)6-7-19-8-10-13-11(16)4-3-5-12(13)20-14(10)15(17)18/h3-5H,1,6-8H2,2H3,(H,17,18). The van der Waals surface area contributed by atoms with Crippen molar-refractivity contribution in [3.8, 4) is 0 Å². The monoisotopic (exact) mass is 294 g/mol. The second-order valence-corrected chi connectivity index (χ2v) is 5.64. The molecule has 0 aliphatic carbocycles. The van der Waals surface area contributed by atoms with Gasteiger partial charge in [0.15, 0.2) is 0 Å². The van der Waals surface area contributed by atoms with E-state index >= 15 is 0 Å². The van der Waals surface area contributed by atoms with E-state index in [0.29, 0.717) is 28.7 Å². The van der Waals surface area contributed by atoms with Crippen LogP contribution < -0.4 is 0 Å². The average molecular weight is 294 g/mol. The predicted molar refractivity (Wildman–Crippen MR) is 77.8 cm³/mol. The van der Waals surface area contributed by atoms with Crippen molar-refractivity contribution < 1.29 is 19.0 Å². The number of fused-ring (bicyclic) bond motifs is 1. The molecule has 1 aromatic heterocycles. The predicted octanol–water partition coefficient (Wildman–Crippen LogP) is 4.22. The summed E-state index contributed by atoms with van der Waals surface area (Å²) in [7, 11) is 0. The van der Waals surface area contributed by atoms with Crippen molar-refractivity contribution in [3.05, 3.63) is 46.6 Å². The van der Waals surface area contributed by atoms with Crippen molar-refractivity contribution in [1.82, 2.24) is 0 Å². The van der Waals surface area contributed by atoms with Crippen LogP contribution in [0.15, 0.2) is 30.4 Å². The quantitative estimate of drug-likeness (QED) is 0.641. The smallest absolute Gasteiger partial charge is 0.346 e. The third-order valence-electron chi connectivity index (χ3n) is 2.88. The lowest BCUT2D eigenvalue weighted by molar-refractivity contribution is 0.0694. The molecular formula is C15H15FO3S. The topological polar surface area (TPSA) is 46.5 Å². The Morgan fingerprint density at radius 1 is 1.50 bits per heavy atom. The Morgan fingerprint density at radius 2 is 2.25 bits per heavy atom. The van der Waals surface area contributed by atoms with Crippen LogP contribution >= 0.6 is 11.3 Å². The summed E-state index contributed by atoms with van der Waals surface area (Å²) in [5.74, 6) is -1.46. The fraction of sp³-hybridized carbons (Fsp3) is 0.267. The van der Waals surface area contributed by atoms with E-state index in [0.717, 1.165) is 16.9 Å². The number of carbonyl (C=O) groups is 1. The van der Waals surface area contributed by atoms with E-state index in [4.69, 9.17) is 4.74 Å². The van der Waals surface area contributed by atoms with Crippen LogP contribution in [0.25, 0.3) is 10.1 Å². The van der Waals surface area contributed by atoms with Crippen molar-refractivity contribution in [2.24, 2.45) is 0 Å². The van der Waals surface area contributed by atoms with Crippen molar-refractivity contribution in [3.63, 3.8) is 0 Å². The number of carboxylic acid groups (broad SMARTS) is 1. The summed E-state index contributed by atoms with van der Waals surface area (Å²) in [4.78, 5) is 11.4. The lowest BCUT2D eigenvalue weighted by atomic mass is 10.1. The van der Waals surface area contributed by atoms with Crippen LogP contribution in [0.3, 0.4) is 0 Å². The molecule has 0 spiro atoms. The molecule has 1 aromatic carbocycles. The number of rotatable bonds is 6. The molecule has 0 atom stereocenters. The number of halogens is 1. The first kappa shape index (κ1) is 14.7. The fourth-order valence-corrected chi connectivity index (χ4v) is 2.96. The minimum Gasteiger partial charge on any atom is -0.477 e. The Bertz CT molecular complexity index is 660. The van der Waals surface area contributed by atoms with Crippen molar-refractivity contribution in [2.45, 2.75) is 20.0 Å². The number of thiophene rings is 1. The lowest BCUT2D eigenvalue weighted by Crippen LogP contribution is -2.02. The molecular weight excluding hydrogens is 279 g/mol. The molecule has 1 N–H and O–H groups in total. The molecule has 0 fully saturated rings. The second kappa shape index (κ2) is 6.15. The average Bonchev–Trinajstić information content (AvgIpc) is 2.75. The largest absolute Gasteiger partial charge is 0.477 e. The molecule has 0 unspecified atom stereocenters. The molecule has 0 radical (unpaired) electrons. The van der Waals surface area contributed by atoms with Gasteiger partial charge < -0.3 is 9.84 Å². The first-order valence-electron chi connectivity index (χ1n) is 6.16. The molecule has 2 rings (SSSR count). The van der Waals surface area contributed by atoms with Crippen LogP contribution in [0, 0.1) is 5.82 Å². The summed E-state index contributed by atoms with van der Waals surface area (Å²) in [6, 6.07) is 4.62. The molecule has 0 saturated heterocycles. The third kappa shape index (κ3) is 3.05. The number of hydrogen-bond donors (Lipinski definition) is 1. The minimum atomic E-state index is -1.05. The molecule has 5 heteroatoms. The van der Waals surface area contributed by atoms with Crippen molar-refractivity contribution in [2.75, 3.05) is 6.61 Å². The first-order chi connectivity index (χ1) is 9.50. The normalized spacial score (nSPS) is 10.9. The van der Waals surface area contributed by atoms with Crippen molar-refractivity contribution >= 4 is 27.4 Å². The van der Waals surface area contributed by atoms with Crippen LogP contribution in [0.4, 0.5) is 4.39 Å². The van der Waals surface area contributed by atoms with E-state index in [1.807, 2.05) is 6.92 Å². The van der Waals surface area contributed by atoms with Gasteiger partial charge in [-0.25, -0.2) is 9.18 Å². The molecule has 0 saturated carbocycles. The van der Waals surface area contributed by atoms with Gasteiger partial charge in [-0.15, -0.1) is 17.9 Å². The van der Waals surface area contributed by atoms with Gasteiger partial charge in [-0.2, -0.15) is 0 Å². The summed E-state index contributed by atoms with van der Waals surface area (Å²) in [5.41, 5.74) is 1.40. The molecule has 0 aliphatic heterocycles. The zero-order valence-electron chi connectivity index (χ0n) is 11.1. The Morgan fingerprint density at radius 3 is 2.90 bits per heavy atom. The van der Waals surface area contributed by atoms with E-state index in [1.54, 1.807) is 12.1 Å². The summed E-state index contributed by atoms with van der Waals surface area (Å²) in [6.45, 7) is 6.20. The number of carboxylic acids is 1. The Hall–Kier alpha value is -1.72. The first-order valence-corrected chi connectivity index (χ1v) is 6.97. The maximum absolute atomic E-state index is 13.9. The summed E-state index contributed by atoms with van der Waals surface area (Å²) >= 11 is 1.07. The highest BCUT2D eigenvalue weighted by molar-refractivity contribution is 7.21. The zero-order valence-corrected chi connectivity index (χ0v) is 11.9. The number of benzene rings is 1. The second-order valence-electron chi connectivity index (χ2n) is 4.59. The Labute approximate surface area is 120 Å². The van der Waals surface area contributed by atoms with Gasteiger partial charge in [0, 0.05) is 15.6 Å². The molecule has 0 aliphatic rings. The number of ether oxygens (including phenoxy) is 1. The van der Waals surface area contributed by atoms with E-state index in [-0.39, 0.29) is 11.5 Å². The van der Waals surface area contributed by atoms with Crippen LogP contribution in [-0.4, -0.2) is 17.7 Å². The van der Waals surface area contributed by atoms with Gasteiger partial charge in [0.2, 0.25) is 0 Å². The molecule has 0 amide bonds. The zero-order chi connectivity index (χ0) is 14.7. The Kier molecular flexibility index (Phi) is 4.52. The molecule has 1 heterocycles. The molecule has 2 aromatic rings. The van der Waals surface area contributed by atoms with Gasteiger partial charge in [-0.1, -0.05) is 11.6 Å². The van der Waals surface area contributed by atoms with Crippen LogP contribution in [0.5, 0.6) is 0 Å². The SMILES string of the molecule is C=C(C)CCOCc1c(C(=O)O)sc2cccc(F)c12. The van der Waals surface area contributed by atoms with Gasteiger partial charge in [0.05, 0.1) is 13.2 Å². The molecule has 20 heavy (non-hydrogen) atoms. The molecule has 3 nitrogen and oxygen atoms in total. The summed E-state index contributed by atoms with van der Waals surface area (Å²) in [6.07, 6.45) is 0.701. The summed E-state index contributed by atoms with van der Waals surface area (Å²) < 4.78 is 20.0. The molecule has 106 valence electrons. The summed E-state index contributed by atoms with van der Waals surface area (Å²) in [5, 5.41) is 9.57. The number of aromatic carboxylic acids is 1. The Balaban J connectivity index is 2.31. The highest BCUT2D eigenvalue weighted by Gasteiger charge is 2.20. The van der Waals surface area contributed by atoms with Crippen LogP contribution in [0.1, 0.15) is 28.6 Å². The maximum Gasteiger partial charge on any atom is 0.346 e. The van der Waals surface area contributed by atoms with Crippen molar-refractivity contribution in [1.29, 1.82) is 0 Å². The van der Waals surface area contributed by atoms with E-state index in [9.17, 15) is 14.3 Å². The van der Waals surface area contributed by atoms with Gasteiger partial charge in [-0.05, 0) is 25.5 Å². The van der Waals surface area contributed by atoms with Crippen LogP contribution in [-0.2, 0) is 11.3 Å². The van der Waals surface area contributed by atoms with E-state index in [1.165, 1.54) is 6.07 Å². The van der Waals surface area contributed by atoms with E-state index < -0.39 is 11.8 Å². The van der Waals surface area contributed by atoms with Gasteiger partial charge in [0.1, 0.15) is 10.7 Å². The highest BCUT2D eigenvalue weighted by atomic mass is 32.1. The minimum absolute atomic E-state index is 0.0931. The van der Waals surface area contributed by atoms with Gasteiger partial charge in [-0.3, -0.25) is 0 Å². The lowest BCUT2D eigenvalue weighted by Gasteiger charge is -2.05. The van der Waals surface area contributed by atoms with Gasteiger partial charge in [0.25, 0.3) is 0 Å². The van der Waals surface area contributed by atoms with Crippen LogP contribution in [0.2, 0.25) is 0 Å².